The number of aryl methyl sites for hydroxylation is 2. The van der Waals surface area contributed by atoms with Gasteiger partial charge < -0.3 is 4.42 Å². The summed E-state index contributed by atoms with van der Waals surface area (Å²) >= 11 is 6.42. The van der Waals surface area contributed by atoms with Crippen molar-refractivity contribution in [2.75, 3.05) is 0 Å². The van der Waals surface area contributed by atoms with Gasteiger partial charge in [-0.05, 0) is 74.6 Å². The summed E-state index contributed by atoms with van der Waals surface area (Å²) < 4.78 is 27.1. The van der Waals surface area contributed by atoms with Gasteiger partial charge in [0.2, 0.25) is 0 Å². The maximum Gasteiger partial charge on any atom is 0.139 e. The van der Waals surface area contributed by atoms with Gasteiger partial charge >= 0.3 is 0 Å². The fraction of sp³-hybridized carbons (Fsp3) is 0.600. The van der Waals surface area contributed by atoms with Crippen molar-refractivity contribution in [3.8, 4) is 31.5 Å². The molecule has 0 amide bonds. The minimum absolute atomic E-state index is 0.424. The van der Waals surface area contributed by atoms with Crippen LogP contribution in [0.25, 0.3) is 64.4 Å². The monoisotopic (exact) mass is 1030 g/mol. The van der Waals surface area contributed by atoms with Gasteiger partial charge in [-0.1, -0.05) is 182 Å². The molecular formula is C60H82N6OS4. The molecule has 7 nitrogen and oxygen atoms in total. The van der Waals surface area contributed by atoms with E-state index in [1.54, 1.807) is 5.56 Å². The molecule has 0 bridgehead atoms. The van der Waals surface area contributed by atoms with Crippen LogP contribution in [0.15, 0.2) is 49.8 Å². The van der Waals surface area contributed by atoms with Crippen LogP contribution in [0, 0.1) is 13.8 Å². The van der Waals surface area contributed by atoms with E-state index in [1.165, 1.54) is 228 Å². The Morgan fingerprint density at radius 1 is 0.479 bits per heavy atom. The Bertz CT molecular complexity index is 2810. The molecule has 71 heavy (non-hydrogen) atoms. The van der Waals surface area contributed by atoms with E-state index >= 15 is 0 Å². The third-order valence-electron chi connectivity index (χ3n) is 15.2. The molecule has 0 radical (unpaired) electrons. The highest BCUT2D eigenvalue weighted by atomic mass is 32.1. The highest BCUT2D eigenvalue weighted by molar-refractivity contribution is 7.58. The first-order chi connectivity index (χ1) is 34.9. The highest BCUT2D eigenvalue weighted by Gasteiger charge is 2.31. The molecule has 0 saturated carbocycles. The second kappa shape index (κ2) is 27.6. The number of thiophene rings is 2. The maximum atomic E-state index is 6.55. The van der Waals surface area contributed by atoms with Gasteiger partial charge in [-0.3, -0.25) is 9.97 Å². The van der Waals surface area contributed by atoms with Crippen molar-refractivity contribution in [3.63, 3.8) is 0 Å². The van der Waals surface area contributed by atoms with Crippen LogP contribution in [-0.4, -0.2) is 18.7 Å². The van der Waals surface area contributed by atoms with Gasteiger partial charge in [-0.2, -0.15) is 17.5 Å². The van der Waals surface area contributed by atoms with Crippen molar-refractivity contribution in [1.82, 2.24) is 18.7 Å². The lowest BCUT2D eigenvalue weighted by molar-refractivity contribution is 0.486. The third-order valence-corrected chi connectivity index (χ3v) is 18.6. The number of fused-ring (bicyclic) bond motifs is 5. The number of hydrogen-bond donors (Lipinski definition) is 0. The SMILES string of the molecule is CCCCCCCCC(CCCCCCCC)c1cc(-c2c3c(c(-c4cc(C(CCCCCCCC)CCCCCCCC)c(-c5cc6oc7cc(C)ncc7c6cn5)s4)c4nsnc24)N=S=N3)sc1C. The van der Waals surface area contributed by atoms with Crippen molar-refractivity contribution in [1.29, 1.82) is 0 Å². The first-order valence-corrected chi connectivity index (χ1v) is 31.3. The summed E-state index contributed by atoms with van der Waals surface area (Å²) in [7, 11) is 0. The molecule has 1 aliphatic heterocycles. The van der Waals surface area contributed by atoms with Gasteiger partial charge in [0.25, 0.3) is 0 Å². The minimum atomic E-state index is 0.424. The van der Waals surface area contributed by atoms with Gasteiger partial charge in [0.15, 0.2) is 0 Å². The first-order valence-electron chi connectivity index (χ1n) is 28.2. The molecule has 8 rings (SSSR count). The zero-order valence-electron chi connectivity index (χ0n) is 44.1. The Hall–Kier alpha value is -3.64. The molecule has 0 atom stereocenters. The third kappa shape index (κ3) is 13.6. The molecule has 382 valence electrons. The smallest absolute Gasteiger partial charge is 0.139 e. The number of pyridine rings is 2. The van der Waals surface area contributed by atoms with Crippen molar-refractivity contribution >= 4 is 90.1 Å². The summed E-state index contributed by atoms with van der Waals surface area (Å²) in [4.78, 5) is 15.0. The molecule has 1 aromatic carbocycles. The van der Waals surface area contributed by atoms with Crippen LogP contribution < -0.4 is 0 Å². The molecule has 0 saturated heterocycles. The summed E-state index contributed by atoms with van der Waals surface area (Å²) in [6.45, 7) is 13.6. The van der Waals surface area contributed by atoms with Gasteiger partial charge in [0.05, 0.1) is 33.7 Å². The summed E-state index contributed by atoms with van der Waals surface area (Å²) in [5, 5.41) is 2.02. The zero-order valence-corrected chi connectivity index (χ0v) is 47.4. The van der Waals surface area contributed by atoms with Gasteiger partial charge in [0.1, 0.15) is 33.6 Å². The van der Waals surface area contributed by atoms with Gasteiger partial charge in [0, 0.05) is 66.8 Å². The zero-order chi connectivity index (χ0) is 49.4. The quantitative estimate of drug-likeness (QED) is 0.0383. The number of aromatic nitrogens is 4. The van der Waals surface area contributed by atoms with E-state index in [4.69, 9.17) is 26.9 Å². The molecule has 6 aromatic heterocycles. The maximum absolute atomic E-state index is 6.55. The average Bonchev–Trinajstić information content (AvgIpc) is 4.24. The summed E-state index contributed by atoms with van der Waals surface area (Å²) in [6, 6.07) is 9.25. The fourth-order valence-corrected chi connectivity index (χ4v) is 14.7. The normalized spacial score (nSPS) is 12.6. The fourth-order valence-electron chi connectivity index (χ4n) is 11.2. The van der Waals surface area contributed by atoms with Crippen LogP contribution in [-0.2, 0) is 11.4 Å². The lowest BCUT2D eigenvalue weighted by atomic mass is 9.87. The van der Waals surface area contributed by atoms with E-state index < -0.39 is 0 Å². The highest BCUT2D eigenvalue weighted by Crippen LogP contribution is 2.56. The number of benzene rings is 1. The Morgan fingerprint density at radius 2 is 0.915 bits per heavy atom. The molecule has 0 spiro atoms. The van der Waals surface area contributed by atoms with E-state index in [2.05, 4.69) is 57.8 Å². The molecule has 0 N–H and O–H groups in total. The van der Waals surface area contributed by atoms with Crippen LogP contribution in [0.1, 0.15) is 241 Å². The van der Waals surface area contributed by atoms with Crippen LogP contribution in [0.5, 0.6) is 0 Å². The van der Waals surface area contributed by atoms with E-state index in [-0.39, 0.29) is 0 Å². The summed E-state index contributed by atoms with van der Waals surface area (Å²) in [6.07, 6.45) is 40.5. The topological polar surface area (TPSA) is 89.4 Å². The van der Waals surface area contributed by atoms with E-state index in [1.807, 2.05) is 48.1 Å². The molecule has 7 heterocycles. The van der Waals surface area contributed by atoms with E-state index in [0.717, 1.165) is 66.9 Å². The molecule has 0 unspecified atom stereocenters. The van der Waals surface area contributed by atoms with Crippen molar-refractivity contribution in [2.45, 2.75) is 233 Å². The van der Waals surface area contributed by atoms with Crippen molar-refractivity contribution < 1.29 is 4.42 Å². The largest absolute Gasteiger partial charge is 0.456 e. The second-order valence-corrected chi connectivity index (χ2v) is 24.2. The van der Waals surface area contributed by atoms with Crippen LogP contribution >= 0.6 is 34.4 Å². The number of nitrogens with zero attached hydrogens (tertiary/aromatic N) is 6. The van der Waals surface area contributed by atoms with Crippen LogP contribution in [0.2, 0.25) is 0 Å². The number of hydrogen-bond acceptors (Lipinski definition) is 10. The van der Waals surface area contributed by atoms with Gasteiger partial charge in [-0.15, -0.1) is 22.7 Å². The molecule has 11 heteroatoms. The Morgan fingerprint density at radius 3 is 1.44 bits per heavy atom. The number of rotatable bonds is 33. The Labute approximate surface area is 442 Å². The van der Waals surface area contributed by atoms with Crippen molar-refractivity contribution in [2.24, 2.45) is 8.73 Å². The second-order valence-electron chi connectivity index (χ2n) is 20.8. The molecule has 0 fully saturated rings. The van der Waals surface area contributed by atoms with Crippen LogP contribution in [0.4, 0.5) is 11.4 Å². The lowest BCUT2D eigenvalue weighted by Crippen LogP contribution is -2.01. The Balaban J connectivity index is 1.18. The minimum Gasteiger partial charge on any atom is -0.456 e. The number of unbranched alkanes of at least 4 members (excludes halogenated alkanes) is 20. The van der Waals surface area contributed by atoms with Gasteiger partial charge in [-0.25, -0.2) is 0 Å². The summed E-state index contributed by atoms with van der Waals surface area (Å²) in [5.74, 6) is 1.01. The Kier molecular flexibility index (Phi) is 20.8. The van der Waals surface area contributed by atoms with Crippen LogP contribution in [0.3, 0.4) is 0 Å². The molecule has 1 aliphatic rings. The predicted octanol–water partition coefficient (Wildman–Crippen LogP) is 22.0. The molecular weight excluding hydrogens is 949 g/mol. The molecule has 7 aromatic rings. The lowest BCUT2D eigenvalue weighted by Gasteiger charge is -2.18. The predicted molar refractivity (Wildman–Crippen MR) is 311 cm³/mol. The van der Waals surface area contributed by atoms with E-state index in [9.17, 15) is 0 Å². The van der Waals surface area contributed by atoms with E-state index in [0.29, 0.717) is 11.8 Å². The summed E-state index contributed by atoms with van der Waals surface area (Å²) in [5.41, 5.74) is 12.6. The average molecular weight is 1030 g/mol. The van der Waals surface area contributed by atoms with Crippen molar-refractivity contribution in [3.05, 3.63) is 58.4 Å². The molecule has 0 aliphatic carbocycles. The first kappa shape index (κ1) is 53.6. The standard InChI is InChI=1S/C60H82N6OS4/c1-7-11-15-19-23-27-31-43(32-28-24-20-16-12-8-2)45-36-52(68-42(45)6)54-56-58(65-70-63-56)55(59-57(54)64-71-66-59)53-37-46(44(33-29-25-21-17-13-9-3)34-30-26-22-18-14-10-4)60(69-53)49-38-51-48(40-62-49)47-39-61-41(5)35-50(47)67-51/h35-40,43-44H,7-34H2,1-6H3. The number of furan rings is 1.